The summed E-state index contributed by atoms with van der Waals surface area (Å²) in [6.07, 6.45) is 2.57. The van der Waals surface area contributed by atoms with Crippen molar-refractivity contribution in [3.05, 3.63) is 0 Å². The van der Waals surface area contributed by atoms with Crippen LogP contribution in [0.4, 0.5) is 0 Å². The molecule has 6 heteroatoms. The molecule has 0 radical (unpaired) electrons. The number of nitrogens with zero attached hydrogens (tertiary/aromatic N) is 1. The van der Waals surface area contributed by atoms with Gasteiger partial charge in [-0.3, -0.25) is 14.4 Å². The number of nitrogens with two attached hydrogens (primary N) is 1. The van der Waals surface area contributed by atoms with Crippen molar-refractivity contribution in [2.45, 2.75) is 25.7 Å². The Morgan fingerprint density at radius 3 is 2.33 bits per heavy atom. The summed E-state index contributed by atoms with van der Waals surface area (Å²) in [4.78, 5) is 36.0. The van der Waals surface area contributed by atoms with E-state index in [2.05, 4.69) is 0 Å². The normalized spacial score (nSPS) is 31.6. The Morgan fingerprint density at radius 2 is 1.78 bits per heavy atom. The lowest BCUT2D eigenvalue weighted by atomic mass is 9.95. The molecule has 3 atom stereocenters. The average molecular weight is 254 g/mol. The van der Waals surface area contributed by atoms with E-state index in [-0.39, 0.29) is 17.7 Å². The van der Waals surface area contributed by atoms with Crippen LogP contribution in [0.1, 0.15) is 25.7 Å². The second-order valence-corrected chi connectivity index (χ2v) is 5.15. The zero-order valence-electron chi connectivity index (χ0n) is 10.2. The Hall–Kier alpha value is -1.59. The Morgan fingerprint density at radius 1 is 1.11 bits per heavy atom. The molecule has 3 N–H and O–H groups in total. The minimum absolute atomic E-state index is 0.122. The smallest absolute Gasteiger partial charge is 0.307 e. The van der Waals surface area contributed by atoms with Crippen molar-refractivity contribution in [1.29, 1.82) is 0 Å². The first-order chi connectivity index (χ1) is 8.50. The van der Waals surface area contributed by atoms with Crippen LogP contribution >= 0.6 is 0 Å². The van der Waals surface area contributed by atoms with Crippen LogP contribution in [0.2, 0.25) is 0 Å². The number of hydrogen-bond donors (Lipinski definition) is 2. The monoisotopic (exact) mass is 254 g/mol. The first-order valence-electron chi connectivity index (χ1n) is 6.31. The highest BCUT2D eigenvalue weighted by Gasteiger charge is 2.41. The third kappa shape index (κ3) is 2.32. The lowest BCUT2D eigenvalue weighted by Crippen LogP contribution is -2.38. The second-order valence-electron chi connectivity index (χ2n) is 5.15. The van der Waals surface area contributed by atoms with Gasteiger partial charge in [0.15, 0.2) is 0 Å². The lowest BCUT2D eigenvalue weighted by Gasteiger charge is -2.22. The predicted octanol–water partition coefficient (Wildman–Crippen LogP) is -0.179. The minimum atomic E-state index is -0.892. The largest absolute Gasteiger partial charge is 0.481 e. The molecule has 0 spiro atoms. The van der Waals surface area contributed by atoms with Crippen LogP contribution in [0.3, 0.4) is 0 Å². The molecule has 1 heterocycles. The molecule has 1 aliphatic carbocycles. The van der Waals surface area contributed by atoms with E-state index in [4.69, 9.17) is 10.8 Å². The number of carbonyl (C=O) groups excluding carboxylic acids is 2. The first kappa shape index (κ1) is 12.9. The van der Waals surface area contributed by atoms with E-state index in [9.17, 15) is 14.4 Å². The topological polar surface area (TPSA) is 101 Å². The number of primary amides is 1. The highest BCUT2D eigenvalue weighted by molar-refractivity contribution is 5.86. The highest BCUT2D eigenvalue weighted by Crippen LogP contribution is 2.34. The number of carboxylic acids is 1. The maximum atomic E-state index is 12.2. The molecule has 2 aliphatic rings. The molecule has 1 saturated carbocycles. The van der Waals surface area contributed by atoms with Crippen molar-refractivity contribution in [3.8, 4) is 0 Å². The number of aliphatic carboxylic acids is 1. The van der Waals surface area contributed by atoms with Gasteiger partial charge in [-0.15, -0.1) is 0 Å². The summed E-state index contributed by atoms with van der Waals surface area (Å²) in [6.45, 7) is 0.853. The van der Waals surface area contributed by atoms with Gasteiger partial charge < -0.3 is 15.7 Å². The molecular weight excluding hydrogens is 236 g/mol. The van der Waals surface area contributed by atoms with Gasteiger partial charge in [0, 0.05) is 13.1 Å². The summed E-state index contributed by atoms with van der Waals surface area (Å²) in [7, 11) is 0. The average Bonchev–Trinajstić information content (AvgIpc) is 2.97. The van der Waals surface area contributed by atoms with E-state index in [1.165, 1.54) is 0 Å². The molecule has 0 bridgehead atoms. The summed E-state index contributed by atoms with van der Waals surface area (Å²) in [6, 6.07) is 0. The Bertz CT molecular complexity index is 382. The molecular formula is C12H18N2O4. The SMILES string of the molecule is NC(=O)C1CCN(C(=O)C2CCCC2C(=O)O)C1. The molecule has 6 nitrogen and oxygen atoms in total. The van der Waals surface area contributed by atoms with Gasteiger partial charge in [-0.1, -0.05) is 6.42 Å². The Kier molecular flexibility index (Phi) is 3.54. The zero-order valence-corrected chi connectivity index (χ0v) is 10.2. The molecule has 1 saturated heterocycles. The number of rotatable bonds is 3. The Balaban J connectivity index is 2.00. The molecule has 0 aromatic rings. The van der Waals surface area contributed by atoms with Crippen LogP contribution in [-0.2, 0) is 14.4 Å². The molecule has 100 valence electrons. The van der Waals surface area contributed by atoms with E-state index < -0.39 is 17.8 Å². The van der Waals surface area contributed by atoms with Crippen molar-refractivity contribution in [2.75, 3.05) is 13.1 Å². The summed E-state index contributed by atoms with van der Waals surface area (Å²) >= 11 is 0. The fourth-order valence-corrected chi connectivity index (χ4v) is 2.98. The van der Waals surface area contributed by atoms with E-state index in [0.717, 1.165) is 6.42 Å². The third-order valence-electron chi connectivity index (χ3n) is 4.05. The highest BCUT2D eigenvalue weighted by atomic mass is 16.4. The van der Waals surface area contributed by atoms with Gasteiger partial charge >= 0.3 is 5.97 Å². The van der Waals surface area contributed by atoms with Crippen molar-refractivity contribution < 1.29 is 19.5 Å². The van der Waals surface area contributed by atoms with Crippen LogP contribution < -0.4 is 5.73 Å². The lowest BCUT2D eigenvalue weighted by molar-refractivity contribution is -0.148. The fraction of sp³-hybridized carbons (Fsp3) is 0.750. The fourth-order valence-electron chi connectivity index (χ4n) is 2.98. The number of hydrogen-bond acceptors (Lipinski definition) is 3. The molecule has 2 fully saturated rings. The number of likely N-dealkylation sites (tertiary alicyclic amines) is 1. The summed E-state index contributed by atoms with van der Waals surface area (Å²) in [5.74, 6) is -2.66. The summed E-state index contributed by atoms with van der Waals surface area (Å²) in [5.41, 5.74) is 5.22. The van der Waals surface area contributed by atoms with Crippen molar-refractivity contribution in [1.82, 2.24) is 4.90 Å². The van der Waals surface area contributed by atoms with Gasteiger partial charge in [0.1, 0.15) is 0 Å². The zero-order chi connectivity index (χ0) is 13.3. The van der Waals surface area contributed by atoms with Crippen LogP contribution in [-0.4, -0.2) is 40.9 Å². The van der Waals surface area contributed by atoms with Crippen molar-refractivity contribution in [2.24, 2.45) is 23.5 Å². The van der Waals surface area contributed by atoms with Gasteiger partial charge in [0.2, 0.25) is 11.8 Å². The minimum Gasteiger partial charge on any atom is -0.481 e. The van der Waals surface area contributed by atoms with Crippen LogP contribution in [0, 0.1) is 17.8 Å². The van der Waals surface area contributed by atoms with Crippen molar-refractivity contribution >= 4 is 17.8 Å². The van der Waals surface area contributed by atoms with Gasteiger partial charge in [-0.25, -0.2) is 0 Å². The molecule has 2 rings (SSSR count). The van der Waals surface area contributed by atoms with E-state index in [1.54, 1.807) is 4.90 Å². The Labute approximate surface area is 105 Å². The third-order valence-corrected chi connectivity index (χ3v) is 4.05. The summed E-state index contributed by atoms with van der Waals surface area (Å²) < 4.78 is 0. The number of carbonyl (C=O) groups is 3. The van der Waals surface area contributed by atoms with E-state index in [0.29, 0.717) is 32.4 Å². The van der Waals surface area contributed by atoms with Crippen molar-refractivity contribution in [3.63, 3.8) is 0 Å². The predicted molar refractivity (Wildman–Crippen MR) is 62.3 cm³/mol. The molecule has 1 aliphatic heterocycles. The summed E-state index contributed by atoms with van der Waals surface area (Å²) in [5, 5.41) is 9.07. The molecule has 18 heavy (non-hydrogen) atoms. The van der Waals surface area contributed by atoms with Gasteiger partial charge in [0.05, 0.1) is 17.8 Å². The molecule has 0 aromatic heterocycles. The van der Waals surface area contributed by atoms with E-state index >= 15 is 0 Å². The van der Waals surface area contributed by atoms with Crippen LogP contribution in [0.25, 0.3) is 0 Å². The van der Waals surface area contributed by atoms with Crippen LogP contribution in [0.15, 0.2) is 0 Å². The number of amides is 2. The van der Waals surface area contributed by atoms with Gasteiger partial charge in [-0.05, 0) is 19.3 Å². The van der Waals surface area contributed by atoms with Gasteiger partial charge in [-0.2, -0.15) is 0 Å². The molecule has 0 aromatic carbocycles. The quantitative estimate of drug-likeness (QED) is 0.729. The molecule has 2 amide bonds. The second kappa shape index (κ2) is 4.96. The van der Waals surface area contributed by atoms with Gasteiger partial charge in [0.25, 0.3) is 0 Å². The number of carboxylic acid groups (broad SMARTS) is 1. The first-order valence-corrected chi connectivity index (χ1v) is 6.31. The maximum Gasteiger partial charge on any atom is 0.307 e. The van der Waals surface area contributed by atoms with E-state index in [1.807, 2.05) is 0 Å². The van der Waals surface area contributed by atoms with Crippen LogP contribution in [0.5, 0.6) is 0 Å². The molecule has 3 unspecified atom stereocenters. The standard InChI is InChI=1S/C12H18N2O4/c13-10(15)7-4-5-14(6-7)11(16)8-2-1-3-9(8)12(17)18/h7-9H,1-6H2,(H2,13,15)(H,17,18). The maximum absolute atomic E-state index is 12.2.